The number of rotatable bonds is 10. The number of anilines is 1. The van der Waals surface area contributed by atoms with Crippen LogP contribution in [0.4, 0.5) is 5.69 Å². The standard InChI is InChI=1S/C22H28N2O3/c1-3-20(26)11-5-4-6-12-21(23-16(2)25)22(27)24-19-14-13-17-9-7-8-10-18(17)15-19/h7-10,13-15,21H,3-6,11-12H2,1-2H3,(H,23,25)(H,24,27)/t21-/m0/s1. The minimum Gasteiger partial charge on any atom is -0.345 e. The Morgan fingerprint density at radius 3 is 2.41 bits per heavy atom. The van der Waals surface area contributed by atoms with Gasteiger partial charge in [0.15, 0.2) is 0 Å². The smallest absolute Gasteiger partial charge is 0.246 e. The number of ketones is 1. The third-order valence-electron chi connectivity index (χ3n) is 4.55. The van der Waals surface area contributed by atoms with E-state index in [4.69, 9.17) is 0 Å². The lowest BCUT2D eigenvalue weighted by Crippen LogP contribution is -2.42. The Labute approximate surface area is 160 Å². The molecule has 0 saturated heterocycles. The molecule has 0 heterocycles. The molecule has 0 unspecified atom stereocenters. The fraction of sp³-hybridized carbons (Fsp3) is 0.409. The van der Waals surface area contributed by atoms with E-state index in [0.29, 0.717) is 24.9 Å². The van der Waals surface area contributed by atoms with Gasteiger partial charge in [0.05, 0.1) is 0 Å². The molecule has 0 aromatic heterocycles. The summed E-state index contributed by atoms with van der Waals surface area (Å²) in [5, 5.41) is 7.79. The van der Waals surface area contributed by atoms with Crippen molar-refractivity contribution in [1.29, 1.82) is 0 Å². The number of unbranched alkanes of at least 4 members (excludes halogenated alkanes) is 2. The van der Waals surface area contributed by atoms with Crippen molar-refractivity contribution in [2.75, 3.05) is 5.32 Å². The Balaban J connectivity index is 1.92. The van der Waals surface area contributed by atoms with Crippen LogP contribution < -0.4 is 10.6 Å². The molecule has 2 rings (SSSR count). The van der Waals surface area contributed by atoms with Crippen LogP contribution in [0.5, 0.6) is 0 Å². The quantitative estimate of drug-likeness (QED) is 0.617. The topological polar surface area (TPSA) is 75.3 Å². The van der Waals surface area contributed by atoms with Crippen molar-refractivity contribution in [3.8, 4) is 0 Å². The first-order valence-electron chi connectivity index (χ1n) is 9.58. The average molecular weight is 368 g/mol. The molecule has 2 aromatic rings. The average Bonchev–Trinajstić information content (AvgIpc) is 2.66. The van der Waals surface area contributed by atoms with Gasteiger partial charge < -0.3 is 10.6 Å². The van der Waals surface area contributed by atoms with Gasteiger partial charge in [-0.05, 0) is 35.7 Å². The molecule has 5 heteroatoms. The number of carbonyl (C=O) groups excluding carboxylic acids is 3. The summed E-state index contributed by atoms with van der Waals surface area (Å²) in [6, 6.07) is 13.1. The monoisotopic (exact) mass is 368 g/mol. The molecule has 5 nitrogen and oxygen atoms in total. The molecule has 0 aliphatic rings. The molecule has 0 aliphatic heterocycles. The van der Waals surface area contributed by atoms with Crippen LogP contribution in [-0.4, -0.2) is 23.6 Å². The van der Waals surface area contributed by atoms with Gasteiger partial charge in [0, 0.05) is 25.5 Å². The van der Waals surface area contributed by atoms with Crippen LogP contribution in [0.2, 0.25) is 0 Å². The molecule has 0 fully saturated rings. The van der Waals surface area contributed by atoms with Crippen molar-refractivity contribution in [3.63, 3.8) is 0 Å². The number of amides is 2. The van der Waals surface area contributed by atoms with E-state index in [0.717, 1.165) is 30.0 Å². The van der Waals surface area contributed by atoms with Gasteiger partial charge in [-0.15, -0.1) is 0 Å². The normalized spacial score (nSPS) is 11.8. The van der Waals surface area contributed by atoms with Crippen LogP contribution in [0.1, 0.15) is 52.4 Å². The zero-order valence-corrected chi connectivity index (χ0v) is 16.1. The van der Waals surface area contributed by atoms with E-state index >= 15 is 0 Å². The summed E-state index contributed by atoms with van der Waals surface area (Å²) in [6.07, 6.45) is 4.19. The minimum absolute atomic E-state index is 0.217. The highest BCUT2D eigenvalue weighted by Crippen LogP contribution is 2.19. The molecule has 0 aliphatic carbocycles. The van der Waals surface area contributed by atoms with Gasteiger partial charge >= 0.3 is 0 Å². The van der Waals surface area contributed by atoms with E-state index in [9.17, 15) is 14.4 Å². The summed E-state index contributed by atoms with van der Waals surface area (Å²) >= 11 is 0. The SMILES string of the molecule is CCC(=O)CCCCC[C@H](NC(C)=O)C(=O)Nc1ccc2ccccc2c1. The number of hydrogen-bond donors (Lipinski definition) is 2. The van der Waals surface area contributed by atoms with Crippen molar-refractivity contribution in [3.05, 3.63) is 42.5 Å². The molecule has 27 heavy (non-hydrogen) atoms. The minimum atomic E-state index is -0.573. The number of hydrogen-bond acceptors (Lipinski definition) is 3. The zero-order valence-electron chi connectivity index (χ0n) is 16.1. The molecular formula is C22H28N2O3. The summed E-state index contributed by atoms with van der Waals surface area (Å²) in [5.41, 5.74) is 0.711. The summed E-state index contributed by atoms with van der Waals surface area (Å²) in [7, 11) is 0. The number of nitrogens with one attached hydrogen (secondary N) is 2. The maximum absolute atomic E-state index is 12.6. The van der Waals surface area contributed by atoms with Crippen LogP contribution in [0, 0.1) is 0 Å². The first kappa shape index (κ1) is 20.6. The third kappa shape index (κ3) is 6.85. The molecule has 0 bridgehead atoms. The predicted molar refractivity (Wildman–Crippen MR) is 109 cm³/mol. The Morgan fingerprint density at radius 2 is 1.70 bits per heavy atom. The van der Waals surface area contributed by atoms with E-state index in [1.54, 1.807) is 0 Å². The van der Waals surface area contributed by atoms with E-state index in [-0.39, 0.29) is 17.6 Å². The predicted octanol–water partition coefficient (Wildman–Crippen LogP) is 4.21. The molecule has 1 atom stereocenters. The van der Waals surface area contributed by atoms with Gasteiger partial charge in [-0.3, -0.25) is 14.4 Å². The fourth-order valence-electron chi connectivity index (χ4n) is 3.03. The van der Waals surface area contributed by atoms with Crippen LogP contribution in [0.15, 0.2) is 42.5 Å². The fourth-order valence-corrected chi connectivity index (χ4v) is 3.03. The molecule has 2 amide bonds. The van der Waals surface area contributed by atoms with Crippen molar-refractivity contribution >= 4 is 34.1 Å². The van der Waals surface area contributed by atoms with Crippen molar-refractivity contribution < 1.29 is 14.4 Å². The Kier molecular flexibility index (Phi) is 7.99. The molecule has 144 valence electrons. The maximum atomic E-state index is 12.6. The van der Waals surface area contributed by atoms with Crippen LogP contribution in [-0.2, 0) is 14.4 Å². The highest BCUT2D eigenvalue weighted by molar-refractivity contribution is 5.98. The highest BCUT2D eigenvalue weighted by Gasteiger charge is 2.19. The first-order chi connectivity index (χ1) is 13.0. The number of carbonyl (C=O) groups is 3. The summed E-state index contributed by atoms with van der Waals surface area (Å²) in [6.45, 7) is 3.28. The first-order valence-corrected chi connectivity index (χ1v) is 9.58. The van der Waals surface area contributed by atoms with Crippen LogP contribution in [0.3, 0.4) is 0 Å². The zero-order chi connectivity index (χ0) is 19.6. The summed E-state index contributed by atoms with van der Waals surface area (Å²) in [4.78, 5) is 35.4. The Hall–Kier alpha value is -2.69. The van der Waals surface area contributed by atoms with Crippen molar-refractivity contribution in [2.24, 2.45) is 0 Å². The van der Waals surface area contributed by atoms with E-state index in [1.807, 2.05) is 49.4 Å². The largest absolute Gasteiger partial charge is 0.345 e. The molecule has 0 saturated carbocycles. The number of benzene rings is 2. The van der Waals surface area contributed by atoms with E-state index in [1.165, 1.54) is 6.92 Å². The lowest BCUT2D eigenvalue weighted by Gasteiger charge is -2.18. The highest BCUT2D eigenvalue weighted by atomic mass is 16.2. The lowest BCUT2D eigenvalue weighted by atomic mass is 10.0. The Bertz CT molecular complexity index is 801. The van der Waals surface area contributed by atoms with Crippen molar-refractivity contribution in [2.45, 2.75) is 58.4 Å². The summed E-state index contributed by atoms with van der Waals surface area (Å²) in [5.74, 6) is -0.178. The number of Topliss-reactive ketones (excluding diaryl/α,β-unsaturated/α-hetero) is 1. The van der Waals surface area contributed by atoms with Gasteiger partial charge in [-0.25, -0.2) is 0 Å². The van der Waals surface area contributed by atoms with Gasteiger partial charge in [-0.2, -0.15) is 0 Å². The second-order valence-electron chi connectivity index (χ2n) is 6.80. The number of fused-ring (bicyclic) bond motifs is 1. The maximum Gasteiger partial charge on any atom is 0.246 e. The third-order valence-corrected chi connectivity index (χ3v) is 4.55. The van der Waals surface area contributed by atoms with Gasteiger partial charge in [0.25, 0.3) is 0 Å². The Morgan fingerprint density at radius 1 is 0.963 bits per heavy atom. The van der Waals surface area contributed by atoms with Crippen LogP contribution in [0.25, 0.3) is 10.8 Å². The van der Waals surface area contributed by atoms with Gasteiger partial charge in [-0.1, -0.05) is 50.1 Å². The summed E-state index contributed by atoms with van der Waals surface area (Å²) < 4.78 is 0. The molecule has 2 N–H and O–H groups in total. The molecule has 2 aromatic carbocycles. The van der Waals surface area contributed by atoms with E-state index in [2.05, 4.69) is 10.6 Å². The molecule has 0 spiro atoms. The molecular weight excluding hydrogens is 340 g/mol. The van der Waals surface area contributed by atoms with Gasteiger partial charge in [0.2, 0.25) is 11.8 Å². The van der Waals surface area contributed by atoms with Crippen LogP contribution >= 0.6 is 0 Å². The van der Waals surface area contributed by atoms with Gasteiger partial charge in [0.1, 0.15) is 11.8 Å². The van der Waals surface area contributed by atoms with Crippen molar-refractivity contribution in [1.82, 2.24) is 5.32 Å². The lowest BCUT2D eigenvalue weighted by molar-refractivity contribution is -0.125. The second kappa shape index (κ2) is 10.5. The molecule has 0 radical (unpaired) electrons. The second-order valence-corrected chi connectivity index (χ2v) is 6.80. The van der Waals surface area contributed by atoms with E-state index < -0.39 is 6.04 Å².